The van der Waals surface area contributed by atoms with E-state index in [2.05, 4.69) is 34.1 Å². The van der Waals surface area contributed by atoms with E-state index in [1.165, 1.54) is 23.8 Å². The first kappa shape index (κ1) is 22.0. The molecule has 0 radical (unpaired) electrons. The Kier molecular flexibility index (Phi) is 6.08. The van der Waals surface area contributed by atoms with Crippen molar-refractivity contribution >= 4 is 28.7 Å². The smallest absolute Gasteiger partial charge is 0.327 e. The molecule has 0 unspecified atom stereocenters. The van der Waals surface area contributed by atoms with Crippen molar-refractivity contribution in [3.05, 3.63) is 66.4 Å². The number of carbonyl (C=O) groups excluding carboxylic acids is 1. The second kappa shape index (κ2) is 9.12. The average molecular weight is 444 g/mol. The number of aromatic nitrogens is 3. The maximum Gasteiger partial charge on any atom is 0.327 e. The highest BCUT2D eigenvalue weighted by atomic mass is 16.5. The number of hydrogen-bond donors (Lipinski definition) is 2. The topological polar surface area (TPSA) is 100 Å². The van der Waals surface area contributed by atoms with Gasteiger partial charge in [-0.05, 0) is 53.9 Å². The van der Waals surface area contributed by atoms with Gasteiger partial charge in [0.15, 0.2) is 23.0 Å². The molecule has 2 amide bonds. The number of nitrogens with one attached hydrogen (secondary N) is 1. The Morgan fingerprint density at radius 3 is 2.52 bits per heavy atom. The van der Waals surface area contributed by atoms with Gasteiger partial charge in [-0.2, -0.15) is 0 Å². The highest BCUT2D eigenvalue weighted by Gasteiger charge is 2.14. The number of carbonyl (C=O) groups is 1. The van der Waals surface area contributed by atoms with Crippen LogP contribution in [0.1, 0.15) is 25.3 Å². The molecule has 0 aliphatic heterocycles. The summed E-state index contributed by atoms with van der Waals surface area (Å²) in [6.07, 6.45) is 1.50. The number of urea groups is 1. The molecule has 4 rings (SSSR count). The quantitative estimate of drug-likeness (QED) is 0.440. The molecule has 4 aromatic rings. The lowest BCUT2D eigenvalue weighted by atomic mass is 10.0. The first-order valence-corrected chi connectivity index (χ1v) is 10.5. The molecule has 0 aliphatic rings. The minimum atomic E-state index is -0.333. The number of nitrogens with zero attached hydrogens (tertiary/aromatic N) is 4. The van der Waals surface area contributed by atoms with Crippen molar-refractivity contribution in [2.45, 2.75) is 19.8 Å². The molecule has 2 N–H and O–H groups in total. The first-order valence-electron chi connectivity index (χ1n) is 10.5. The number of phenolic OH excluding ortho intramolecular Hbond substituents is 1. The SMILES string of the molecule is COc1cc(-c2ccc3ncc(NC(=O)N(C)c4ccc(C(C)C)cc4)nc3n2)ccc1O. The lowest BCUT2D eigenvalue weighted by molar-refractivity contribution is 0.258. The van der Waals surface area contributed by atoms with Gasteiger partial charge in [-0.1, -0.05) is 26.0 Å². The zero-order chi connectivity index (χ0) is 23.5. The normalized spacial score (nSPS) is 10.9. The lowest BCUT2D eigenvalue weighted by Crippen LogP contribution is -2.31. The summed E-state index contributed by atoms with van der Waals surface area (Å²) in [5.41, 5.74) is 4.36. The average Bonchev–Trinajstić information content (AvgIpc) is 2.83. The predicted octanol–water partition coefficient (Wildman–Crippen LogP) is 5.20. The van der Waals surface area contributed by atoms with Gasteiger partial charge >= 0.3 is 6.03 Å². The summed E-state index contributed by atoms with van der Waals surface area (Å²) in [5.74, 6) is 1.12. The van der Waals surface area contributed by atoms with Gasteiger partial charge in [0, 0.05) is 18.3 Å². The Hall–Kier alpha value is -4.20. The van der Waals surface area contributed by atoms with E-state index in [1.807, 2.05) is 30.3 Å². The number of aromatic hydroxyl groups is 1. The molecule has 2 aromatic heterocycles. The minimum absolute atomic E-state index is 0.0507. The number of rotatable bonds is 5. The van der Waals surface area contributed by atoms with Crippen molar-refractivity contribution in [3.63, 3.8) is 0 Å². The van der Waals surface area contributed by atoms with Gasteiger partial charge in [-0.15, -0.1) is 0 Å². The summed E-state index contributed by atoms with van der Waals surface area (Å²) < 4.78 is 5.18. The standard InChI is InChI=1S/C25H25N5O3/c1-15(2)16-5-8-18(9-6-16)30(3)25(32)29-23-14-26-20-11-10-19(27-24(20)28-23)17-7-12-21(31)22(13-17)33-4/h5-15,31H,1-4H3,(H,27,28,29,32). The molecule has 0 saturated heterocycles. The maximum absolute atomic E-state index is 12.7. The van der Waals surface area contributed by atoms with Gasteiger partial charge in [0.2, 0.25) is 0 Å². The van der Waals surface area contributed by atoms with E-state index in [9.17, 15) is 9.90 Å². The molecule has 8 nitrogen and oxygen atoms in total. The molecule has 0 saturated carbocycles. The van der Waals surface area contributed by atoms with Gasteiger partial charge in [-0.25, -0.2) is 19.7 Å². The van der Waals surface area contributed by atoms with E-state index in [0.717, 1.165) is 11.3 Å². The Balaban J connectivity index is 1.56. The highest BCUT2D eigenvalue weighted by Crippen LogP contribution is 2.31. The predicted molar refractivity (Wildman–Crippen MR) is 129 cm³/mol. The van der Waals surface area contributed by atoms with Crippen LogP contribution in [0, 0.1) is 0 Å². The maximum atomic E-state index is 12.7. The zero-order valence-corrected chi connectivity index (χ0v) is 18.9. The van der Waals surface area contributed by atoms with Gasteiger partial charge < -0.3 is 9.84 Å². The molecular formula is C25H25N5O3. The van der Waals surface area contributed by atoms with Gasteiger partial charge in [0.05, 0.1) is 19.0 Å². The molecule has 0 spiro atoms. The molecule has 33 heavy (non-hydrogen) atoms. The number of phenols is 1. The van der Waals surface area contributed by atoms with Crippen LogP contribution < -0.4 is 15.0 Å². The molecule has 168 valence electrons. The molecule has 0 fully saturated rings. The summed E-state index contributed by atoms with van der Waals surface area (Å²) in [5, 5.41) is 12.6. The number of methoxy groups -OCH3 is 1. The Bertz CT molecular complexity index is 1310. The molecular weight excluding hydrogens is 418 g/mol. The summed E-state index contributed by atoms with van der Waals surface area (Å²) in [7, 11) is 3.19. The molecule has 0 atom stereocenters. The molecule has 2 aromatic carbocycles. The van der Waals surface area contributed by atoms with Crippen LogP contribution in [0.3, 0.4) is 0 Å². The van der Waals surface area contributed by atoms with Gasteiger partial charge in [-0.3, -0.25) is 10.2 Å². The van der Waals surface area contributed by atoms with Crippen LogP contribution in [0.15, 0.2) is 60.8 Å². The Morgan fingerprint density at radius 2 is 1.82 bits per heavy atom. The molecule has 0 bridgehead atoms. The van der Waals surface area contributed by atoms with E-state index >= 15 is 0 Å². The monoisotopic (exact) mass is 443 g/mol. The first-order chi connectivity index (χ1) is 15.9. The summed E-state index contributed by atoms with van der Waals surface area (Å²) in [4.78, 5) is 27.7. The van der Waals surface area contributed by atoms with Crippen molar-refractivity contribution in [3.8, 4) is 22.8 Å². The van der Waals surface area contributed by atoms with Crippen LogP contribution in [-0.4, -0.2) is 40.2 Å². The zero-order valence-electron chi connectivity index (χ0n) is 18.9. The number of amides is 2. The van der Waals surface area contributed by atoms with Gasteiger partial charge in [0.1, 0.15) is 5.52 Å². The van der Waals surface area contributed by atoms with E-state index in [1.54, 1.807) is 31.3 Å². The number of hydrogen-bond acceptors (Lipinski definition) is 6. The largest absolute Gasteiger partial charge is 0.504 e. The number of pyridine rings is 1. The lowest BCUT2D eigenvalue weighted by Gasteiger charge is -2.18. The fraction of sp³-hybridized carbons (Fsp3) is 0.200. The molecule has 8 heteroatoms. The van der Waals surface area contributed by atoms with Crippen molar-refractivity contribution in [2.24, 2.45) is 0 Å². The minimum Gasteiger partial charge on any atom is -0.504 e. The van der Waals surface area contributed by atoms with E-state index in [-0.39, 0.29) is 11.8 Å². The van der Waals surface area contributed by atoms with Crippen molar-refractivity contribution in [1.29, 1.82) is 0 Å². The second-order valence-electron chi connectivity index (χ2n) is 7.92. The van der Waals surface area contributed by atoms with Crippen LogP contribution in [0.2, 0.25) is 0 Å². The van der Waals surface area contributed by atoms with Crippen molar-refractivity contribution < 1.29 is 14.6 Å². The third-order valence-electron chi connectivity index (χ3n) is 5.37. The summed E-state index contributed by atoms with van der Waals surface area (Å²) >= 11 is 0. The third kappa shape index (κ3) is 4.69. The van der Waals surface area contributed by atoms with Gasteiger partial charge in [0.25, 0.3) is 0 Å². The molecule has 2 heterocycles. The number of ether oxygens (including phenoxy) is 1. The van der Waals surface area contributed by atoms with Crippen LogP contribution in [0.5, 0.6) is 11.5 Å². The van der Waals surface area contributed by atoms with E-state index in [4.69, 9.17) is 4.74 Å². The van der Waals surface area contributed by atoms with Crippen LogP contribution in [0.25, 0.3) is 22.4 Å². The Morgan fingerprint density at radius 1 is 1.06 bits per heavy atom. The van der Waals surface area contributed by atoms with Crippen LogP contribution >= 0.6 is 0 Å². The number of fused-ring (bicyclic) bond motifs is 1. The van der Waals surface area contributed by atoms with E-state index < -0.39 is 0 Å². The number of benzene rings is 2. The second-order valence-corrected chi connectivity index (χ2v) is 7.92. The fourth-order valence-corrected chi connectivity index (χ4v) is 3.35. The summed E-state index contributed by atoms with van der Waals surface area (Å²) in [6.45, 7) is 4.25. The van der Waals surface area contributed by atoms with Crippen LogP contribution in [-0.2, 0) is 0 Å². The molecule has 0 aliphatic carbocycles. The third-order valence-corrected chi connectivity index (χ3v) is 5.37. The van der Waals surface area contributed by atoms with Crippen molar-refractivity contribution in [2.75, 3.05) is 24.4 Å². The van der Waals surface area contributed by atoms with Crippen LogP contribution in [0.4, 0.5) is 16.3 Å². The fourth-order valence-electron chi connectivity index (χ4n) is 3.35. The van der Waals surface area contributed by atoms with E-state index in [0.29, 0.717) is 34.3 Å². The Labute approximate surface area is 191 Å². The van der Waals surface area contributed by atoms with Crippen molar-refractivity contribution in [1.82, 2.24) is 15.0 Å². The number of anilines is 2. The highest BCUT2D eigenvalue weighted by molar-refractivity contribution is 6.01. The summed E-state index contributed by atoms with van der Waals surface area (Å²) in [6, 6.07) is 16.1.